The Bertz CT molecular complexity index is 433. The molecule has 0 spiro atoms. The van der Waals surface area contributed by atoms with Crippen LogP contribution in [0.15, 0.2) is 29.2 Å². The first kappa shape index (κ1) is 11.7. The van der Waals surface area contributed by atoms with E-state index in [1.807, 2.05) is 0 Å². The molecule has 2 rings (SSSR count). The molecule has 6 nitrogen and oxygen atoms in total. The molecule has 1 saturated heterocycles. The molecular weight excluding hydrogens is 246 g/mol. The lowest BCUT2D eigenvalue weighted by Crippen LogP contribution is -2.12. The maximum absolute atomic E-state index is 10.7. The van der Waals surface area contributed by atoms with Crippen molar-refractivity contribution in [1.82, 2.24) is 0 Å². The number of nitro benzene ring substituents is 1. The van der Waals surface area contributed by atoms with Gasteiger partial charge in [-0.2, -0.15) is 0 Å². The molecule has 1 aliphatic heterocycles. The highest BCUT2D eigenvalue weighted by Gasteiger charge is 2.24. The van der Waals surface area contributed by atoms with Crippen LogP contribution < -0.4 is 0 Å². The second-order valence-corrected chi connectivity index (χ2v) is 4.46. The second kappa shape index (κ2) is 5.05. The lowest BCUT2D eigenvalue weighted by atomic mass is 10.3. The van der Waals surface area contributed by atoms with E-state index < -0.39 is 11.1 Å². The molecular formula is C10H9NO5S. The Morgan fingerprint density at radius 2 is 2.12 bits per heavy atom. The quantitative estimate of drug-likeness (QED) is 0.355. The van der Waals surface area contributed by atoms with E-state index in [0.29, 0.717) is 5.75 Å². The van der Waals surface area contributed by atoms with E-state index in [2.05, 4.69) is 4.74 Å². The van der Waals surface area contributed by atoms with Gasteiger partial charge in [-0.1, -0.05) is 0 Å². The molecule has 1 aromatic rings. The van der Waals surface area contributed by atoms with Gasteiger partial charge in [0.15, 0.2) is 0 Å². The predicted octanol–water partition coefficient (Wildman–Crippen LogP) is 2.22. The van der Waals surface area contributed by atoms with Gasteiger partial charge in [-0.3, -0.25) is 10.1 Å². The predicted molar refractivity (Wildman–Crippen MR) is 60.0 cm³/mol. The van der Waals surface area contributed by atoms with Crippen LogP contribution in [-0.2, 0) is 9.47 Å². The Balaban J connectivity index is 1.87. The Morgan fingerprint density at radius 1 is 1.41 bits per heavy atom. The molecule has 1 atom stereocenters. The summed E-state index contributed by atoms with van der Waals surface area (Å²) < 4.78 is 9.50. The third kappa shape index (κ3) is 3.10. The van der Waals surface area contributed by atoms with E-state index in [9.17, 15) is 14.9 Å². The van der Waals surface area contributed by atoms with Gasteiger partial charge in [0.05, 0.1) is 4.92 Å². The fourth-order valence-electron chi connectivity index (χ4n) is 1.30. The number of nitrogens with zero attached hydrogens (tertiary/aromatic N) is 1. The summed E-state index contributed by atoms with van der Waals surface area (Å²) in [7, 11) is 0. The van der Waals surface area contributed by atoms with Crippen LogP contribution in [0.3, 0.4) is 0 Å². The minimum atomic E-state index is -0.640. The van der Waals surface area contributed by atoms with Gasteiger partial charge in [-0.15, -0.1) is 11.8 Å². The van der Waals surface area contributed by atoms with Crippen LogP contribution in [0.4, 0.5) is 10.5 Å². The molecule has 0 bridgehead atoms. The van der Waals surface area contributed by atoms with Gasteiger partial charge in [-0.05, 0) is 12.1 Å². The van der Waals surface area contributed by atoms with Crippen LogP contribution in [-0.4, -0.2) is 29.5 Å². The number of non-ortho nitro benzene ring substituents is 1. The molecule has 0 unspecified atom stereocenters. The Hall–Kier alpha value is -1.76. The van der Waals surface area contributed by atoms with Gasteiger partial charge in [0, 0.05) is 22.8 Å². The van der Waals surface area contributed by atoms with Gasteiger partial charge in [0.2, 0.25) is 0 Å². The zero-order chi connectivity index (χ0) is 12.3. The minimum Gasteiger partial charge on any atom is -0.430 e. The van der Waals surface area contributed by atoms with E-state index in [-0.39, 0.29) is 18.4 Å². The number of cyclic esters (lactones) is 2. The van der Waals surface area contributed by atoms with Crippen molar-refractivity contribution < 1.29 is 19.2 Å². The molecule has 1 heterocycles. The lowest BCUT2D eigenvalue weighted by Gasteiger charge is -2.05. The highest BCUT2D eigenvalue weighted by molar-refractivity contribution is 7.99. The molecule has 90 valence electrons. The number of carbonyl (C=O) groups is 1. The van der Waals surface area contributed by atoms with Crippen LogP contribution >= 0.6 is 11.8 Å². The zero-order valence-corrected chi connectivity index (χ0v) is 9.51. The van der Waals surface area contributed by atoms with Crippen LogP contribution in [0.25, 0.3) is 0 Å². The molecule has 1 aromatic carbocycles. The molecule has 0 amide bonds. The number of benzene rings is 1. The molecule has 0 N–H and O–H groups in total. The van der Waals surface area contributed by atoms with Gasteiger partial charge in [0.25, 0.3) is 5.69 Å². The van der Waals surface area contributed by atoms with Crippen molar-refractivity contribution in [2.24, 2.45) is 0 Å². The maximum atomic E-state index is 10.7. The number of ether oxygens (including phenoxy) is 2. The topological polar surface area (TPSA) is 78.7 Å². The first-order chi connectivity index (χ1) is 8.15. The third-order valence-corrected chi connectivity index (χ3v) is 3.28. The van der Waals surface area contributed by atoms with Gasteiger partial charge >= 0.3 is 6.16 Å². The van der Waals surface area contributed by atoms with E-state index in [4.69, 9.17) is 4.74 Å². The van der Waals surface area contributed by atoms with Crippen molar-refractivity contribution in [1.29, 1.82) is 0 Å². The van der Waals surface area contributed by atoms with Crippen molar-refractivity contribution >= 4 is 23.6 Å². The summed E-state index contributed by atoms with van der Waals surface area (Å²) in [4.78, 5) is 21.5. The van der Waals surface area contributed by atoms with E-state index in [0.717, 1.165) is 4.90 Å². The molecule has 0 radical (unpaired) electrons. The Kier molecular flexibility index (Phi) is 3.48. The fraction of sp³-hybridized carbons (Fsp3) is 0.300. The Labute approximate surface area is 101 Å². The summed E-state index contributed by atoms with van der Waals surface area (Å²) in [6.45, 7) is 0.263. The number of carbonyl (C=O) groups excluding carboxylic acids is 1. The largest absolute Gasteiger partial charge is 0.508 e. The van der Waals surface area contributed by atoms with Crippen molar-refractivity contribution in [2.75, 3.05) is 12.4 Å². The first-order valence-electron chi connectivity index (χ1n) is 4.86. The summed E-state index contributed by atoms with van der Waals surface area (Å²) in [5, 5.41) is 10.4. The Morgan fingerprint density at radius 3 is 2.65 bits per heavy atom. The van der Waals surface area contributed by atoms with Crippen molar-refractivity contribution in [2.45, 2.75) is 11.0 Å². The molecule has 0 aliphatic carbocycles. The van der Waals surface area contributed by atoms with E-state index >= 15 is 0 Å². The van der Waals surface area contributed by atoms with Gasteiger partial charge < -0.3 is 9.47 Å². The van der Waals surface area contributed by atoms with Crippen LogP contribution in [0.1, 0.15) is 0 Å². The van der Waals surface area contributed by atoms with Gasteiger partial charge in [0.1, 0.15) is 12.7 Å². The minimum absolute atomic E-state index is 0.0602. The lowest BCUT2D eigenvalue weighted by molar-refractivity contribution is -0.384. The molecule has 1 fully saturated rings. The molecule has 0 saturated carbocycles. The normalized spacial score (nSPS) is 18.6. The molecule has 7 heteroatoms. The van der Waals surface area contributed by atoms with E-state index in [1.54, 1.807) is 12.1 Å². The molecule has 1 aliphatic rings. The zero-order valence-electron chi connectivity index (χ0n) is 8.70. The summed E-state index contributed by atoms with van der Waals surface area (Å²) in [5.74, 6) is 0.573. The monoisotopic (exact) mass is 255 g/mol. The second-order valence-electron chi connectivity index (χ2n) is 3.36. The maximum Gasteiger partial charge on any atom is 0.508 e. The fourth-order valence-corrected chi connectivity index (χ4v) is 2.17. The summed E-state index contributed by atoms with van der Waals surface area (Å²) in [5.41, 5.74) is 0.0602. The van der Waals surface area contributed by atoms with Gasteiger partial charge in [-0.25, -0.2) is 4.79 Å². The summed E-state index contributed by atoms with van der Waals surface area (Å²) >= 11 is 1.46. The number of rotatable bonds is 4. The van der Waals surface area contributed by atoms with E-state index in [1.165, 1.54) is 23.9 Å². The number of nitro groups is 1. The number of hydrogen-bond acceptors (Lipinski definition) is 6. The first-order valence-corrected chi connectivity index (χ1v) is 5.84. The smallest absolute Gasteiger partial charge is 0.430 e. The average molecular weight is 255 g/mol. The van der Waals surface area contributed by atoms with Crippen LogP contribution in [0.2, 0.25) is 0 Å². The van der Waals surface area contributed by atoms with Crippen molar-refractivity contribution in [3.63, 3.8) is 0 Å². The summed E-state index contributed by atoms with van der Waals surface area (Å²) in [6.07, 6.45) is -0.887. The third-order valence-electron chi connectivity index (χ3n) is 2.13. The molecule has 0 aromatic heterocycles. The average Bonchev–Trinajstić information content (AvgIpc) is 2.73. The van der Waals surface area contributed by atoms with Crippen molar-refractivity contribution in [3.05, 3.63) is 34.4 Å². The summed E-state index contributed by atoms with van der Waals surface area (Å²) in [6, 6.07) is 6.22. The van der Waals surface area contributed by atoms with Crippen LogP contribution in [0.5, 0.6) is 0 Å². The number of thioether (sulfide) groups is 1. The standard InChI is InChI=1S/C10H9NO5S/c12-10-15-5-8(16-10)6-17-9-3-1-7(2-4-9)11(13)14/h1-4,8H,5-6H2/t8-/m1/s1. The van der Waals surface area contributed by atoms with Crippen molar-refractivity contribution in [3.8, 4) is 0 Å². The highest BCUT2D eigenvalue weighted by atomic mass is 32.2. The van der Waals surface area contributed by atoms with Crippen LogP contribution in [0, 0.1) is 10.1 Å². The highest BCUT2D eigenvalue weighted by Crippen LogP contribution is 2.23. The molecule has 17 heavy (non-hydrogen) atoms. The SMILES string of the molecule is O=C1OC[C@H](CSc2ccc([N+](=O)[O-])cc2)O1. The number of hydrogen-bond donors (Lipinski definition) is 0.